The minimum Gasteiger partial charge on any atom is -0.340 e. The maximum atomic E-state index is 12.1. The molecule has 0 aromatic carbocycles. The first kappa shape index (κ1) is 11.5. The zero-order chi connectivity index (χ0) is 10.7. The van der Waals surface area contributed by atoms with Gasteiger partial charge < -0.3 is 10.2 Å². The molecule has 1 aliphatic heterocycles. The number of nitrogens with zero attached hydrogens (tertiary/aromatic N) is 1. The molecule has 1 aliphatic rings. The van der Waals surface area contributed by atoms with Gasteiger partial charge >= 0.3 is 0 Å². The van der Waals surface area contributed by atoms with Gasteiger partial charge in [-0.05, 0) is 33.2 Å². The molecule has 1 rings (SSSR count). The Morgan fingerprint density at radius 3 is 2.50 bits per heavy atom. The lowest BCUT2D eigenvalue weighted by atomic mass is 9.96. The Bertz CT molecular complexity index is 199. The monoisotopic (exact) mass is 198 g/mol. The molecule has 2 unspecified atom stereocenters. The standard InChI is InChI=1S/C11H22N2O/c1-5-13(8(2)3)11(14)10-7-12-6-9(10)4/h8-10,12H,5-7H2,1-4H3. The molecule has 1 heterocycles. The summed E-state index contributed by atoms with van der Waals surface area (Å²) in [6, 6.07) is 0.320. The molecule has 3 heteroatoms. The molecule has 0 aromatic heterocycles. The molecular formula is C11H22N2O. The second kappa shape index (κ2) is 4.78. The van der Waals surface area contributed by atoms with E-state index in [-0.39, 0.29) is 5.92 Å². The van der Waals surface area contributed by atoms with E-state index in [0.29, 0.717) is 17.9 Å². The van der Waals surface area contributed by atoms with Gasteiger partial charge in [-0.1, -0.05) is 6.92 Å². The van der Waals surface area contributed by atoms with Gasteiger partial charge in [-0.15, -0.1) is 0 Å². The van der Waals surface area contributed by atoms with Crippen LogP contribution in [-0.4, -0.2) is 36.5 Å². The van der Waals surface area contributed by atoms with Crippen LogP contribution in [0.5, 0.6) is 0 Å². The molecule has 0 radical (unpaired) electrons. The fourth-order valence-electron chi connectivity index (χ4n) is 2.13. The van der Waals surface area contributed by atoms with Crippen molar-refractivity contribution in [3.05, 3.63) is 0 Å². The highest BCUT2D eigenvalue weighted by Gasteiger charge is 2.32. The van der Waals surface area contributed by atoms with Gasteiger partial charge in [0.1, 0.15) is 0 Å². The molecule has 3 nitrogen and oxygen atoms in total. The second-order valence-corrected chi connectivity index (χ2v) is 4.46. The van der Waals surface area contributed by atoms with Crippen molar-refractivity contribution in [3.8, 4) is 0 Å². The zero-order valence-corrected chi connectivity index (χ0v) is 9.71. The third-order valence-corrected chi connectivity index (χ3v) is 3.08. The van der Waals surface area contributed by atoms with E-state index in [1.807, 2.05) is 11.8 Å². The minimum absolute atomic E-state index is 0.192. The predicted molar refractivity (Wildman–Crippen MR) is 58.0 cm³/mol. The Kier molecular flexibility index (Phi) is 3.93. The second-order valence-electron chi connectivity index (χ2n) is 4.46. The molecule has 2 atom stereocenters. The van der Waals surface area contributed by atoms with Crippen molar-refractivity contribution in [2.24, 2.45) is 11.8 Å². The summed E-state index contributed by atoms with van der Waals surface area (Å²) < 4.78 is 0. The number of hydrogen-bond acceptors (Lipinski definition) is 2. The van der Waals surface area contributed by atoms with Crippen molar-refractivity contribution in [3.63, 3.8) is 0 Å². The van der Waals surface area contributed by atoms with Crippen LogP contribution in [0.3, 0.4) is 0 Å². The largest absolute Gasteiger partial charge is 0.340 e. The molecule has 0 bridgehead atoms. The van der Waals surface area contributed by atoms with Crippen LogP contribution in [0.4, 0.5) is 0 Å². The molecule has 1 N–H and O–H groups in total. The number of nitrogens with one attached hydrogen (secondary N) is 1. The van der Waals surface area contributed by atoms with Crippen molar-refractivity contribution in [1.82, 2.24) is 10.2 Å². The molecular weight excluding hydrogens is 176 g/mol. The molecule has 0 spiro atoms. The van der Waals surface area contributed by atoms with Crippen LogP contribution >= 0.6 is 0 Å². The van der Waals surface area contributed by atoms with Crippen molar-refractivity contribution < 1.29 is 4.79 Å². The number of carbonyl (C=O) groups excluding carboxylic acids is 1. The van der Waals surface area contributed by atoms with E-state index in [0.717, 1.165) is 19.6 Å². The maximum Gasteiger partial charge on any atom is 0.227 e. The highest BCUT2D eigenvalue weighted by Crippen LogP contribution is 2.19. The highest BCUT2D eigenvalue weighted by molar-refractivity contribution is 5.80. The number of hydrogen-bond donors (Lipinski definition) is 1. The van der Waals surface area contributed by atoms with Crippen LogP contribution in [-0.2, 0) is 4.79 Å². The molecule has 1 amide bonds. The summed E-state index contributed by atoms with van der Waals surface area (Å²) in [7, 11) is 0. The first-order valence-corrected chi connectivity index (χ1v) is 5.59. The lowest BCUT2D eigenvalue weighted by molar-refractivity contribution is -0.137. The van der Waals surface area contributed by atoms with Crippen molar-refractivity contribution in [2.45, 2.75) is 33.7 Å². The molecule has 1 fully saturated rings. The average Bonchev–Trinajstić information content (AvgIpc) is 2.51. The minimum atomic E-state index is 0.192. The molecule has 0 aromatic rings. The fourth-order valence-corrected chi connectivity index (χ4v) is 2.13. The average molecular weight is 198 g/mol. The zero-order valence-electron chi connectivity index (χ0n) is 9.71. The summed E-state index contributed by atoms with van der Waals surface area (Å²) in [5.41, 5.74) is 0. The van der Waals surface area contributed by atoms with Gasteiger partial charge in [0, 0.05) is 19.1 Å². The summed E-state index contributed by atoms with van der Waals surface area (Å²) in [5, 5.41) is 3.27. The topological polar surface area (TPSA) is 32.3 Å². The van der Waals surface area contributed by atoms with E-state index in [1.54, 1.807) is 0 Å². The summed E-state index contributed by atoms with van der Waals surface area (Å²) >= 11 is 0. The molecule has 0 saturated carbocycles. The fraction of sp³-hybridized carbons (Fsp3) is 0.909. The van der Waals surface area contributed by atoms with Gasteiger partial charge in [-0.3, -0.25) is 4.79 Å². The van der Waals surface area contributed by atoms with Gasteiger partial charge in [0.25, 0.3) is 0 Å². The smallest absolute Gasteiger partial charge is 0.227 e. The summed E-state index contributed by atoms with van der Waals surface area (Å²) in [6.45, 7) is 11.0. The Morgan fingerprint density at radius 1 is 1.50 bits per heavy atom. The van der Waals surface area contributed by atoms with Gasteiger partial charge in [-0.25, -0.2) is 0 Å². The van der Waals surface area contributed by atoms with Crippen molar-refractivity contribution in [1.29, 1.82) is 0 Å². The van der Waals surface area contributed by atoms with Crippen LogP contribution in [0.15, 0.2) is 0 Å². The lowest BCUT2D eigenvalue weighted by Gasteiger charge is -2.29. The maximum absolute atomic E-state index is 12.1. The summed E-state index contributed by atoms with van der Waals surface area (Å²) in [6.07, 6.45) is 0. The Morgan fingerprint density at radius 2 is 2.14 bits per heavy atom. The van der Waals surface area contributed by atoms with E-state index in [1.165, 1.54) is 0 Å². The van der Waals surface area contributed by atoms with Gasteiger partial charge in [-0.2, -0.15) is 0 Å². The third-order valence-electron chi connectivity index (χ3n) is 3.08. The van der Waals surface area contributed by atoms with Crippen LogP contribution in [0.25, 0.3) is 0 Å². The number of amides is 1. The van der Waals surface area contributed by atoms with Gasteiger partial charge in [0.15, 0.2) is 0 Å². The predicted octanol–water partition coefficient (Wildman–Crippen LogP) is 1.10. The van der Waals surface area contributed by atoms with Gasteiger partial charge in [0.2, 0.25) is 5.91 Å². The Labute approximate surface area is 86.9 Å². The summed E-state index contributed by atoms with van der Waals surface area (Å²) in [5.74, 6) is 0.993. The van der Waals surface area contributed by atoms with E-state index in [9.17, 15) is 4.79 Å². The SMILES string of the molecule is CCN(C(=O)C1CNCC1C)C(C)C. The molecule has 14 heavy (non-hydrogen) atoms. The molecule has 82 valence electrons. The van der Waals surface area contributed by atoms with Crippen LogP contribution in [0.2, 0.25) is 0 Å². The van der Waals surface area contributed by atoms with E-state index < -0.39 is 0 Å². The highest BCUT2D eigenvalue weighted by atomic mass is 16.2. The first-order chi connectivity index (χ1) is 6.57. The molecule has 0 aliphatic carbocycles. The quantitative estimate of drug-likeness (QED) is 0.736. The van der Waals surface area contributed by atoms with Crippen molar-refractivity contribution in [2.75, 3.05) is 19.6 Å². The van der Waals surface area contributed by atoms with E-state index in [4.69, 9.17) is 0 Å². The number of rotatable bonds is 3. The van der Waals surface area contributed by atoms with Crippen LogP contribution < -0.4 is 5.32 Å². The van der Waals surface area contributed by atoms with Crippen LogP contribution in [0.1, 0.15) is 27.7 Å². The Balaban J connectivity index is 2.62. The number of carbonyl (C=O) groups is 1. The van der Waals surface area contributed by atoms with Crippen molar-refractivity contribution >= 4 is 5.91 Å². The third kappa shape index (κ3) is 2.27. The van der Waals surface area contributed by atoms with Gasteiger partial charge in [0.05, 0.1) is 5.92 Å². The first-order valence-electron chi connectivity index (χ1n) is 5.59. The lowest BCUT2D eigenvalue weighted by Crippen LogP contribution is -2.42. The van der Waals surface area contributed by atoms with E-state index >= 15 is 0 Å². The van der Waals surface area contributed by atoms with E-state index in [2.05, 4.69) is 26.1 Å². The Hall–Kier alpha value is -0.570. The molecule has 1 saturated heterocycles. The van der Waals surface area contributed by atoms with Crippen LogP contribution in [0, 0.1) is 11.8 Å². The normalized spacial score (nSPS) is 26.9. The summed E-state index contributed by atoms with van der Waals surface area (Å²) in [4.78, 5) is 14.1.